The Bertz CT molecular complexity index is 115. The van der Waals surface area contributed by atoms with Crippen molar-refractivity contribution >= 4 is 5.97 Å². The van der Waals surface area contributed by atoms with Gasteiger partial charge in [0, 0.05) is 6.42 Å². The highest BCUT2D eigenvalue weighted by molar-refractivity contribution is 5.68. The van der Waals surface area contributed by atoms with Gasteiger partial charge in [-0.25, -0.2) is 0 Å². The molecule has 0 aliphatic heterocycles. The molecule has 0 rings (SSSR count). The third kappa shape index (κ3) is 5.56. The molecule has 0 saturated heterocycles. The maximum Gasteiger partial charge on any atom is 0.324 e. The summed E-state index contributed by atoms with van der Waals surface area (Å²) in [7, 11) is 0. The maximum atomic E-state index is 10.5. The van der Waals surface area contributed by atoms with E-state index in [0.717, 1.165) is 6.42 Å². The minimum Gasteiger partial charge on any atom is -0.373 e. The van der Waals surface area contributed by atoms with Gasteiger partial charge in [0.05, 0.1) is 0 Å². The maximum absolute atomic E-state index is 10.5. The highest BCUT2D eigenvalue weighted by Crippen LogP contribution is 2.20. The van der Waals surface area contributed by atoms with E-state index in [1.165, 1.54) is 0 Å². The van der Waals surface area contributed by atoms with Crippen LogP contribution in [0.4, 0.5) is 0 Å². The molecule has 0 bridgehead atoms. The second-order valence-corrected chi connectivity index (χ2v) is 3.55. The summed E-state index contributed by atoms with van der Waals surface area (Å²) in [6, 6.07) is 0. The molecular formula is C7H15NO2. The molecule has 0 aliphatic carbocycles. The van der Waals surface area contributed by atoms with Gasteiger partial charge < -0.3 is 4.84 Å². The lowest BCUT2D eigenvalue weighted by Gasteiger charge is -2.15. The minimum absolute atomic E-state index is 0.175. The van der Waals surface area contributed by atoms with E-state index < -0.39 is 0 Å². The van der Waals surface area contributed by atoms with Crippen LogP contribution in [0, 0.1) is 5.41 Å². The van der Waals surface area contributed by atoms with E-state index in [0.29, 0.717) is 6.42 Å². The van der Waals surface area contributed by atoms with Gasteiger partial charge in [-0.3, -0.25) is 4.79 Å². The summed E-state index contributed by atoms with van der Waals surface area (Å²) in [4.78, 5) is 14.5. The van der Waals surface area contributed by atoms with Gasteiger partial charge in [0.1, 0.15) is 0 Å². The fourth-order valence-corrected chi connectivity index (χ4v) is 0.536. The van der Waals surface area contributed by atoms with Crippen molar-refractivity contribution in [3.05, 3.63) is 0 Å². The number of carbonyl (C=O) groups is 1. The molecule has 0 saturated carbocycles. The summed E-state index contributed by atoms with van der Waals surface area (Å²) in [5, 5.41) is 0. The van der Waals surface area contributed by atoms with Crippen molar-refractivity contribution < 1.29 is 9.63 Å². The second kappa shape index (κ2) is 3.56. The molecule has 0 aromatic heterocycles. The minimum atomic E-state index is -0.338. The van der Waals surface area contributed by atoms with Gasteiger partial charge in [0.25, 0.3) is 0 Å². The lowest BCUT2D eigenvalue weighted by molar-refractivity contribution is -0.144. The first-order chi connectivity index (χ1) is 4.45. The summed E-state index contributed by atoms with van der Waals surface area (Å²) < 4.78 is 0. The molecule has 0 aromatic rings. The molecule has 0 unspecified atom stereocenters. The fraction of sp³-hybridized carbons (Fsp3) is 0.857. The predicted octanol–water partition coefficient (Wildman–Crippen LogP) is 1.23. The van der Waals surface area contributed by atoms with Crippen LogP contribution >= 0.6 is 0 Å². The summed E-state index contributed by atoms with van der Waals surface area (Å²) in [6.07, 6.45) is 1.21. The predicted molar refractivity (Wildman–Crippen MR) is 39.0 cm³/mol. The van der Waals surface area contributed by atoms with Crippen molar-refractivity contribution in [2.24, 2.45) is 11.3 Å². The van der Waals surface area contributed by atoms with Crippen molar-refractivity contribution in [1.82, 2.24) is 0 Å². The van der Waals surface area contributed by atoms with Crippen LogP contribution in [0.3, 0.4) is 0 Å². The summed E-state index contributed by atoms with van der Waals surface area (Å²) >= 11 is 0. The Morgan fingerprint density at radius 2 is 2.00 bits per heavy atom. The Morgan fingerprint density at radius 3 is 2.30 bits per heavy atom. The number of rotatable bonds is 2. The molecule has 0 heterocycles. The highest BCUT2D eigenvalue weighted by Gasteiger charge is 2.12. The number of nitrogens with two attached hydrogens (primary N) is 1. The zero-order valence-electron chi connectivity index (χ0n) is 6.81. The lowest BCUT2D eigenvalue weighted by atomic mass is 9.91. The Kier molecular flexibility index (Phi) is 3.36. The van der Waals surface area contributed by atoms with Crippen LogP contribution < -0.4 is 5.90 Å². The van der Waals surface area contributed by atoms with Gasteiger partial charge in [-0.2, -0.15) is 5.90 Å². The van der Waals surface area contributed by atoms with Gasteiger partial charge in [-0.05, 0) is 11.8 Å². The van der Waals surface area contributed by atoms with Crippen molar-refractivity contribution in [1.29, 1.82) is 0 Å². The molecular weight excluding hydrogens is 130 g/mol. The second-order valence-electron chi connectivity index (χ2n) is 3.55. The van der Waals surface area contributed by atoms with Crippen molar-refractivity contribution in [3.63, 3.8) is 0 Å². The van der Waals surface area contributed by atoms with Gasteiger partial charge >= 0.3 is 5.97 Å². The molecule has 2 N–H and O–H groups in total. The van der Waals surface area contributed by atoms with Crippen LogP contribution in [0.2, 0.25) is 0 Å². The molecule has 3 nitrogen and oxygen atoms in total. The summed E-state index contributed by atoms with van der Waals surface area (Å²) in [5.74, 6) is 4.31. The van der Waals surface area contributed by atoms with Crippen LogP contribution in [-0.4, -0.2) is 5.97 Å². The number of carbonyl (C=O) groups excluding carboxylic acids is 1. The Hall–Kier alpha value is -0.570. The van der Waals surface area contributed by atoms with Crippen LogP contribution in [0.15, 0.2) is 0 Å². The van der Waals surface area contributed by atoms with Crippen LogP contribution in [0.25, 0.3) is 0 Å². The fourth-order valence-electron chi connectivity index (χ4n) is 0.536. The smallest absolute Gasteiger partial charge is 0.324 e. The highest BCUT2D eigenvalue weighted by atomic mass is 16.7. The molecule has 0 spiro atoms. The topological polar surface area (TPSA) is 52.3 Å². The number of hydrogen-bond donors (Lipinski definition) is 1. The van der Waals surface area contributed by atoms with Crippen molar-refractivity contribution in [3.8, 4) is 0 Å². The van der Waals surface area contributed by atoms with E-state index in [9.17, 15) is 4.79 Å². The lowest BCUT2D eigenvalue weighted by Crippen LogP contribution is -2.13. The van der Waals surface area contributed by atoms with Crippen molar-refractivity contribution in [2.45, 2.75) is 33.6 Å². The normalized spacial score (nSPS) is 11.2. The van der Waals surface area contributed by atoms with Crippen LogP contribution in [0.1, 0.15) is 33.6 Å². The van der Waals surface area contributed by atoms with E-state index in [1.807, 2.05) is 0 Å². The van der Waals surface area contributed by atoms with Gasteiger partial charge in [-0.15, -0.1) is 0 Å². The zero-order valence-corrected chi connectivity index (χ0v) is 6.81. The third-order valence-electron chi connectivity index (χ3n) is 1.21. The average Bonchev–Trinajstić information content (AvgIpc) is 1.81. The molecule has 0 atom stereocenters. The summed E-state index contributed by atoms with van der Waals surface area (Å²) in [5.41, 5.74) is 0.175. The molecule has 0 aliphatic rings. The molecule has 0 radical (unpaired) electrons. The largest absolute Gasteiger partial charge is 0.373 e. The molecule has 10 heavy (non-hydrogen) atoms. The van der Waals surface area contributed by atoms with Crippen molar-refractivity contribution in [2.75, 3.05) is 0 Å². The molecule has 0 amide bonds. The Morgan fingerprint density at radius 1 is 1.50 bits per heavy atom. The quantitative estimate of drug-likeness (QED) is 0.594. The summed E-state index contributed by atoms with van der Waals surface area (Å²) in [6.45, 7) is 6.20. The SMILES string of the molecule is CC(C)(C)CCC(=O)ON. The van der Waals surface area contributed by atoms with E-state index in [-0.39, 0.29) is 11.4 Å². The van der Waals surface area contributed by atoms with Crippen LogP contribution in [-0.2, 0) is 9.63 Å². The zero-order chi connectivity index (χ0) is 8.20. The van der Waals surface area contributed by atoms with E-state index in [2.05, 4.69) is 31.5 Å². The molecule has 3 heteroatoms. The first-order valence-corrected chi connectivity index (χ1v) is 3.35. The molecule has 0 fully saturated rings. The van der Waals surface area contributed by atoms with Crippen LogP contribution in [0.5, 0.6) is 0 Å². The van der Waals surface area contributed by atoms with E-state index in [4.69, 9.17) is 0 Å². The van der Waals surface area contributed by atoms with E-state index in [1.54, 1.807) is 0 Å². The Balaban J connectivity index is 3.46. The first kappa shape index (κ1) is 9.43. The Labute approximate surface area is 61.5 Å². The van der Waals surface area contributed by atoms with Gasteiger partial charge in [0.15, 0.2) is 0 Å². The molecule has 60 valence electrons. The third-order valence-corrected chi connectivity index (χ3v) is 1.21. The average molecular weight is 145 g/mol. The van der Waals surface area contributed by atoms with E-state index >= 15 is 0 Å². The number of hydrogen-bond acceptors (Lipinski definition) is 3. The van der Waals surface area contributed by atoms with Gasteiger partial charge in [0.2, 0.25) is 0 Å². The standard InChI is InChI=1S/C7H15NO2/c1-7(2,3)5-4-6(9)10-8/h4-5,8H2,1-3H3. The van der Waals surface area contributed by atoms with Gasteiger partial charge in [-0.1, -0.05) is 20.8 Å². The first-order valence-electron chi connectivity index (χ1n) is 3.35. The molecule has 0 aromatic carbocycles. The monoisotopic (exact) mass is 145 g/mol.